The monoisotopic (exact) mass is 190 g/mol. The maximum atomic E-state index is 11.0. The Labute approximate surface area is 43.4 Å². The van der Waals surface area contributed by atoms with Crippen LogP contribution in [0.4, 0.5) is 8.71 Å². The van der Waals surface area contributed by atoms with Crippen molar-refractivity contribution in [3.8, 4) is 0 Å². The Morgan fingerprint density at radius 2 is 2.00 bits per heavy atom. The molecule has 0 N–H and O–H groups in total. The molecule has 0 aromatic heterocycles. The molecule has 0 aliphatic heterocycles. The fourth-order valence-corrected chi connectivity index (χ4v) is 0. The van der Waals surface area contributed by atoms with E-state index in [0.717, 1.165) is 0 Å². The molecule has 0 nitrogen and oxygen atoms in total. The van der Waals surface area contributed by atoms with Crippen molar-refractivity contribution < 1.29 is 8.71 Å². The standard InChI is InChI=1S/CH2BF2I/c3-1(5)2-4/h1-2H. The van der Waals surface area contributed by atoms with Crippen LogP contribution in [0.15, 0.2) is 0 Å². The average Bonchev–Trinajstić information content (AvgIpc) is 1.38. The van der Waals surface area contributed by atoms with Gasteiger partial charge in [-0.2, -0.15) is 0 Å². The molecule has 0 fully saturated rings. The summed E-state index contributed by atoms with van der Waals surface area (Å²) < 4.78 is 20.5. The highest BCUT2D eigenvalue weighted by Crippen LogP contribution is 1.96. The van der Waals surface area contributed by atoms with Crippen molar-refractivity contribution in [2.24, 2.45) is 0 Å². The van der Waals surface area contributed by atoms with Crippen LogP contribution in [0.5, 0.6) is 0 Å². The SMILES string of the molecule is FBC(F)I. The predicted octanol–water partition coefficient (Wildman–Crippen LogP) is 0.996. The molecule has 0 radical (unpaired) electrons. The second-order valence-electron chi connectivity index (χ2n) is 0.545. The van der Waals surface area contributed by atoms with E-state index in [1.165, 1.54) is 22.6 Å². The molecule has 0 amide bonds. The lowest BCUT2D eigenvalue weighted by Crippen LogP contribution is -1.91. The third-order valence-corrected chi connectivity index (χ3v) is 0.450. The third-order valence-electron chi connectivity index (χ3n) is 0.117. The zero-order valence-corrected chi connectivity index (χ0v) is 4.58. The van der Waals surface area contributed by atoms with Crippen molar-refractivity contribution in [2.45, 2.75) is 4.08 Å². The number of alkyl halides is 2. The van der Waals surface area contributed by atoms with Crippen molar-refractivity contribution in [3.63, 3.8) is 0 Å². The number of rotatable bonds is 1. The largest absolute Gasteiger partial charge is 0.378 e. The molecule has 0 saturated heterocycles. The fraction of sp³-hybridized carbons (Fsp3) is 1.00. The summed E-state index contributed by atoms with van der Waals surface area (Å²) in [6.45, 7) is 0. The van der Waals surface area contributed by atoms with Crippen LogP contribution in [0.2, 0.25) is 0 Å². The van der Waals surface area contributed by atoms with Gasteiger partial charge in [-0.05, 0) is 0 Å². The average molecular weight is 190 g/mol. The molecule has 0 aliphatic carbocycles. The van der Waals surface area contributed by atoms with Crippen LogP contribution in [-0.4, -0.2) is 11.6 Å². The molecular formula is CH2BF2I. The van der Waals surface area contributed by atoms with Crippen molar-refractivity contribution in [1.29, 1.82) is 0 Å². The second kappa shape index (κ2) is 2.87. The topological polar surface area (TPSA) is 0 Å². The van der Waals surface area contributed by atoms with Crippen molar-refractivity contribution >= 4 is 30.1 Å². The molecular weight excluding hydrogens is 188 g/mol. The highest BCUT2D eigenvalue weighted by molar-refractivity contribution is 14.1. The van der Waals surface area contributed by atoms with Gasteiger partial charge in [-0.1, -0.05) is 22.6 Å². The lowest BCUT2D eigenvalue weighted by molar-refractivity contribution is 0.555. The third kappa shape index (κ3) is 4.65. The lowest BCUT2D eigenvalue weighted by Gasteiger charge is -1.77. The quantitative estimate of drug-likeness (QED) is 0.328. The van der Waals surface area contributed by atoms with E-state index in [0.29, 0.717) is 0 Å². The zero-order chi connectivity index (χ0) is 4.28. The summed E-state index contributed by atoms with van der Waals surface area (Å²) >= 11 is 1.36. The summed E-state index contributed by atoms with van der Waals surface area (Å²) in [5.41, 5.74) is 0. The van der Waals surface area contributed by atoms with Crippen LogP contribution < -0.4 is 0 Å². The van der Waals surface area contributed by atoms with E-state index in [2.05, 4.69) is 0 Å². The smallest absolute Gasteiger partial charge is 0.337 e. The molecule has 0 bridgehead atoms. The van der Waals surface area contributed by atoms with Crippen LogP contribution >= 0.6 is 22.6 Å². The Hall–Kier alpha value is 0.655. The van der Waals surface area contributed by atoms with Crippen LogP contribution in [0.1, 0.15) is 0 Å². The summed E-state index contributed by atoms with van der Waals surface area (Å²) in [5, 5.41) is 0. The van der Waals surface area contributed by atoms with Crippen molar-refractivity contribution in [3.05, 3.63) is 0 Å². The number of hydrogen-bond donors (Lipinski definition) is 0. The van der Waals surface area contributed by atoms with Gasteiger partial charge in [0, 0.05) is 0 Å². The maximum Gasteiger partial charge on any atom is 0.378 e. The predicted molar refractivity (Wildman–Crippen MR) is 27.2 cm³/mol. The van der Waals surface area contributed by atoms with Crippen LogP contribution in [0.25, 0.3) is 0 Å². The first-order valence-corrected chi connectivity index (χ1v) is 2.36. The van der Waals surface area contributed by atoms with E-state index in [9.17, 15) is 8.71 Å². The molecule has 0 spiro atoms. The van der Waals surface area contributed by atoms with E-state index in [1.54, 1.807) is 0 Å². The minimum atomic E-state index is -1.31. The van der Waals surface area contributed by atoms with Gasteiger partial charge in [0.2, 0.25) is 0 Å². The Bertz CT molecular complexity index is 23.6. The second-order valence-corrected chi connectivity index (χ2v) is 1.90. The highest BCUT2D eigenvalue weighted by Gasteiger charge is 1.97. The Kier molecular flexibility index (Phi) is 3.25. The summed E-state index contributed by atoms with van der Waals surface area (Å²) in [4.78, 5) is 0. The molecule has 0 aromatic carbocycles. The molecule has 0 rings (SSSR count). The van der Waals surface area contributed by atoms with E-state index >= 15 is 0 Å². The molecule has 4 heteroatoms. The van der Waals surface area contributed by atoms with Crippen LogP contribution in [0.3, 0.4) is 0 Å². The molecule has 0 aromatic rings. The van der Waals surface area contributed by atoms with Gasteiger partial charge in [0.15, 0.2) is 4.08 Å². The first-order chi connectivity index (χ1) is 2.27. The van der Waals surface area contributed by atoms with Gasteiger partial charge in [0.1, 0.15) is 0 Å². The molecule has 30 valence electrons. The van der Waals surface area contributed by atoms with Crippen LogP contribution in [-0.2, 0) is 0 Å². The molecule has 1 atom stereocenters. The number of halogens is 3. The highest BCUT2D eigenvalue weighted by atomic mass is 127. The zero-order valence-electron chi connectivity index (χ0n) is 2.42. The minimum Gasteiger partial charge on any atom is -0.337 e. The van der Waals surface area contributed by atoms with Gasteiger partial charge in [0.05, 0.1) is 0 Å². The Balaban J connectivity index is 2.54. The molecule has 1 unspecified atom stereocenters. The molecule has 0 aliphatic rings. The van der Waals surface area contributed by atoms with Gasteiger partial charge in [0.25, 0.3) is 0 Å². The summed E-state index contributed by atoms with van der Waals surface area (Å²) in [7, 11) is -0.874. The van der Waals surface area contributed by atoms with Gasteiger partial charge in [-0.3, -0.25) is 0 Å². The summed E-state index contributed by atoms with van der Waals surface area (Å²) in [6.07, 6.45) is 0. The van der Waals surface area contributed by atoms with Gasteiger partial charge in [-0.25, -0.2) is 4.39 Å². The first-order valence-electron chi connectivity index (χ1n) is 1.11. The van der Waals surface area contributed by atoms with Crippen molar-refractivity contribution in [2.75, 3.05) is 0 Å². The van der Waals surface area contributed by atoms with E-state index in [4.69, 9.17) is 0 Å². The van der Waals surface area contributed by atoms with Gasteiger partial charge < -0.3 is 4.32 Å². The van der Waals surface area contributed by atoms with E-state index in [1.807, 2.05) is 0 Å². The number of hydrogen-bond acceptors (Lipinski definition) is 0. The fourth-order valence-electron chi connectivity index (χ4n) is 0. The summed E-state index contributed by atoms with van der Waals surface area (Å²) in [6, 6.07) is 0. The van der Waals surface area contributed by atoms with Crippen molar-refractivity contribution in [1.82, 2.24) is 0 Å². The minimum absolute atomic E-state index is 0.874. The molecule has 0 saturated carbocycles. The van der Waals surface area contributed by atoms with Gasteiger partial charge >= 0.3 is 7.56 Å². The lowest BCUT2D eigenvalue weighted by atomic mass is 10.1. The van der Waals surface area contributed by atoms with Gasteiger partial charge in [-0.15, -0.1) is 0 Å². The first kappa shape index (κ1) is 5.65. The normalized spacial score (nSPS) is 14.2. The Morgan fingerprint density at radius 1 is 1.80 bits per heavy atom. The van der Waals surface area contributed by atoms with Crippen LogP contribution in [0, 0.1) is 0 Å². The van der Waals surface area contributed by atoms with E-state index in [-0.39, 0.29) is 0 Å². The summed E-state index contributed by atoms with van der Waals surface area (Å²) in [5.74, 6) is 0. The maximum absolute atomic E-state index is 11.0. The molecule has 0 heterocycles. The van der Waals surface area contributed by atoms with E-state index < -0.39 is 11.6 Å². The Morgan fingerprint density at radius 3 is 2.00 bits per heavy atom. The molecule has 5 heavy (non-hydrogen) atoms.